The number of epoxide rings is 1. The number of allylic oxidation sites excluding steroid dienone is 1. The summed E-state index contributed by atoms with van der Waals surface area (Å²) in [7, 11) is 0. The SMILES string of the molecule is C[C@@H]([C@H]1CC[C@H]2[C@H]3C(=CC[C@]12C)[C@H](C)[C@]1(CCC(=O)O1)[C@H]1O[C@@H]31)[C@@H](C[C@@](C)(O)C(C)(C)O)O[C@@H]1O[C@H](CO)[C@@H](O)[C@H](O)[C@H]1O. The Hall–Kier alpha value is -1.15. The summed E-state index contributed by atoms with van der Waals surface area (Å²) in [6.45, 7) is 10.6. The van der Waals surface area contributed by atoms with Crippen LogP contribution in [0, 0.1) is 35.0 Å². The molecule has 0 amide bonds. The average Bonchev–Trinajstić information content (AvgIpc) is 3.55. The fraction of sp³-hybridized carbons (Fsp3) is 0.909. The van der Waals surface area contributed by atoms with E-state index in [0.717, 1.165) is 19.3 Å². The molecule has 5 fully saturated rings. The van der Waals surface area contributed by atoms with Gasteiger partial charge in [0.2, 0.25) is 0 Å². The van der Waals surface area contributed by atoms with Gasteiger partial charge in [-0.25, -0.2) is 0 Å². The van der Waals surface area contributed by atoms with E-state index in [9.17, 15) is 35.4 Å². The first-order chi connectivity index (χ1) is 20.5. The number of hydrogen-bond donors (Lipinski definition) is 6. The predicted molar refractivity (Wildman–Crippen MR) is 156 cm³/mol. The molecule has 250 valence electrons. The molecule has 6 rings (SSSR count). The van der Waals surface area contributed by atoms with Crippen LogP contribution >= 0.6 is 0 Å². The van der Waals surface area contributed by atoms with Crippen LogP contribution in [0.4, 0.5) is 0 Å². The third kappa shape index (κ3) is 4.92. The van der Waals surface area contributed by atoms with Gasteiger partial charge in [-0.3, -0.25) is 4.79 Å². The largest absolute Gasteiger partial charge is 0.456 e. The molecule has 11 nitrogen and oxygen atoms in total. The second kappa shape index (κ2) is 11.0. The second-order valence-electron chi connectivity index (χ2n) is 15.7. The van der Waals surface area contributed by atoms with E-state index in [-0.39, 0.29) is 53.7 Å². The van der Waals surface area contributed by atoms with Crippen molar-refractivity contribution in [3.05, 3.63) is 11.6 Å². The fourth-order valence-electron chi connectivity index (χ4n) is 9.69. The Morgan fingerprint density at radius 2 is 1.80 bits per heavy atom. The van der Waals surface area contributed by atoms with Crippen molar-refractivity contribution >= 4 is 5.97 Å². The summed E-state index contributed by atoms with van der Waals surface area (Å²) in [6, 6.07) is 0. The lowest BCUT2D eigenvalue weighted by atomic mass is 9.53. The molecule has 3 saturated heterocycles. The highest BCUT2D eigenvalue weighted by molar-refractivity contribution is 5.73. The zero-order valence-electron chi connectivity index (χ0n) is 26.8. The van der Waals surface area contributed by atoms with Gasteiger partial charge in [0.1, 0.15) is 36.1 Å². The van der Waals surface area contributed by atoms with Crippen molar-refractivity contribution in [2.24, 2.45) is 35.0 Å². The van der Waals surface area contributed by atoms with Crippen LogP contribution in [0.5, 0.6) is 0 Å². The molecule has 0 aromatic heterocycles. The van der Waals surface area contributed by atoms with Crippen molar-refractivity contribution in [1.82, 2.24) is 0 Å². The third-order valence-electron chi connectivity index (χ3n) is 13.0. The van der Waals surface area contributed by atoms with Crippen LogP contribution in [-0.4, -0.2) is 109 Å². The summed E-state index contributed by atoms with van der Waals surface area (Å²) >= 11 is 0. The predicted octanol–water partition coefficient (Wildman–Crippen LogP) is 1.19. The molecule has 3 heterocycles. The molecule has 16 atom stereocenters. The fourth-order valence-corrected chi connectivity index (χ4v) is 9.69. The molecule has 3 aliphatic heterocycles. The first-order valence-corrected chi connectivity index (χ1v) is 16.4. The molecule has 2 saturated carbocycles. The van der Waals surface area contributed by atoms with Crippen molar-refractivity contribution in [2.45, 2.75) is 146 Å². The highest BCUT2D eigenvalue weighted by Crippen LogP contribution is 2.68. The summed E-state index contributed by atoms with van der Waals surface area (Å²) in [5.41, 5.74) is -2.38. The monoisotopic (exact) mass is 624 g/mol. The zero-order chi connectivity index (χ0) is 32.1. The number of hydrogen-bond acceptors (Lipinski definition) is 11. The first-order valence-electron chi connectivity index (χ1n) is 16.4. The second-order valence-corrected chi connectivity index (χ2v) is 15.7. The van der Waals surface area contributed by atoms with E-state index in [2.05, 4.69) is 26.8 Å². The molecule has 0 unspecified atom stereocenters. The number of rotatable bonds is 8. The van der Waals surface area contributed by atoms with Gasteiger partial charge >= 0.3 is 5.97 Å². The van der Waals surface area contributed by atoms with Crippen LogP contribution < -0.4 is 0 Å². The van der Waals surface area contributed by atoms with Gasteiger partial charge in [-0.05, 0) is 63.2 Å². The quantitative estimate of drug-likeness (QED) is 0.130. The minimum absolute atomic E-state index is 0.0210. The zero-order valence-corrected chi connectivity index (χ0v) is 26.8. The van der Waals surface area contributed by atoms with E-state index < -0.39 is 60.2 Å². The van der Waals surface area contributed by atoms with Crippen molar-refractivity contribution in [3.63, 3.8) is 0 Å². The van der Waals surface area contributed by atoms with Crippen LogP contribution in [0.3, 0.4) is 0 Å². The van der Waals surface area contributed by atoms with Crippen molar-refractivity contribution in [1.29, 1.82) is 0 Å². The molecule has 44 heavy (non-hydrogen) atoms. The Bertz CT molecular complexity index is 1150. The van der Waals surface area contributed by atoms with Gasteiger partial charge in [-0.15, -0.1) is 0 Å². The Labute approximate surface area is 259 Å². The maximum atomic E-state index is 12.2. The number of ether oxygens (including phenoxy) is 4. The molecule has 6 N–H and O–H groups in total. The topological polar surface area (TPSA) is 179 Å². The van der Waals surface area contributed by atoms with Gasteiger partial charge in [-0.1, -0.05) is 32.4 Å². The maximum absolute atomic E-state index is 12.2. The smallest absolute Gasteiger partial charge is 0.306 e. The molecule has 0 radical (unpaired) electrons. The van der Waals surface area contributed by atoms with Crippen LogP contribution in [0.1, 0.15) is 80.1 Å². The number of aliphatic hydroxyl groups excluding tert-OH is 4. The summed E-state index contributed by atoms with van der Waals surface area (Å²) in [5, 5.41) is 63.5. The highest BCUT2D eigenvalue weighted by Gasteiger charge is 2.72. The minimum atomic E-state index is -1.59. The Morgan fingerprint density at radius 3 is 2.41 bits per heavy atom. The highest BCUT2D eigenvalue weighted by atomic mass is 16.7. The van der Waals surface area contributed by atoms with Gasteiger partial charge in [0, 0.05) is 31.1 Å². The lowest BCUT2D eigenvalue weighted by Crippen LogP contribution is -2.61. The van der Waals surface area contributed by atoms with Crippen LogP contribution in [0.25, 0.3) is 0 Å². The summed E-state index contributed by atoms with van der Waals surface area (Å²) < 4.78 is 24.4. The van der Waals surface area contributed by atoms with Crippen LogP contribution in [-0.2, 0) is 23.7 Å². The van der Waals surface area contributed by atoms with E-state index in [0.29, 0.717) is 18.8 Å². The Balaban J connectivity index is 1.27. The summed E-state index contributed by atoms with van der Waals surface area (Å²) in [6.07, 6.45) is -1.70. The van der Waals surface area contributed by atoms with Crippen LogP contribution in [0.15, 0.2) is 11.6 Å². The van der Waals surface area contributed by atoms with E-state index in [1.807, 2.05) is 0 Å². The third-order valence-corrected chi connectivity index (χ3v) is 13.0. The van der Waals surface area contributed by atoms with Gasteiger partial charge < -0.3 is 49.6 Å². The van der Waals surface area contributed by atoms with Gasteiger partial charge in [0.15, 0.2) is 6.29 Å². The van der Waals surface area contributed by atoms with Crippen LogP contribution in [0.2, 0.25) is 0 Å². The van der Waals surface area contributed by atoms with Crippen molar-refractivity contribution in [2.75, 3.05) is 6.61 Å². The number of esters is 1. The van der Waals surface area contributed by atoms with Gasteiger partial charge in [0.05, 0.1) is 30.0 Å². The maximum Gasteiger partial charge on any atom is 0.306 e. The van der Waals surface area contributed by atoms with E-state index in [1.54, 1.807) is 6.92 Å². The molecule has 0 aromatic carbocycles. The molecular weight excluding hydrogens is 572 g/mol. The number of aliphatic hydroxyl groups is 6. The first kappa shape index (κ1) is 32.8. The van der Waals surface area contributed by atoms with E-state index in [1.165, 1.54) is 19.4 Å². The normalized spacial score (nSPS) is 49.3. The van der Waals surface area contributed by atoms with Gasteiger partial charge in [-0.2, -0.15) is 0 Å². The Kier molecular flexibility index (Phi) is 8.16. The summed E-state index contributed by atoms with van der Waals surface area (Å²) in [4.78, 5) is 12.2. The molecular formula is C33H52O11. The average molecular weight is 625 g/mol. The van der Waals surface area contributed by atoms with Gasteiger partial charge in [0.25, 0.3) is 0 Å². The molecule has 3 aliphatic carbocycles. The lowest BCUT2D eigenvalue weighted by Gasteiger charge is -2.52. The molecule has 0 aromatic rings. The Morgan fingerprint density at radius 1 is 1.09 bits per heavy atom. The minimum Gasteiger partial charge on any atom is -0.456 e. The van der Waals surface area contributed by atoms with E-state index >= 15 is 0 Å². The molecule has 11 heteroatoms. The van der Waals surface area contributed by atoms with Crippen molar-refractivity contribution < 1.29 is 54.4 Å². The van der Waals surface area contributed by atoms with Crippen molar-refractivity contribution in [3.8, 4) is 0 Å². The number of carbonyl (C=O) groups excluding carboxylic acids is 1. The molecule has 1 spiro atoms. The number of carbonyl (C=O) groups is 1. The lowest BCUT2D eigenvalue weighted by molar-refractivity contribution is -0.320. The molecule has 0 bridgehead atoms. The standard InChI is InChI=1S/C33H52O11/c1-15(20(13-32(6,40)30(3,4)39)41-29-26(38)25(37)24(36)21(14-34)42-29)18-7-8-19-23-17(9-11-31(18,19)5)16(2)33(28-27(23)43-28)12-10-22(35)44-33/h9,15-16,18-21,23-29,34,36-40H,7-8,10-14H2,1-6H3/t15-,16-,18+,19-,20+,21+,23+,24+,25-,26+,27-,28-,29+,31+,32+,33+/m0/s1. The summed E-state index contributed by atoms with van der Waals surface area (Å²) in [5.74, 6) is 0.497. The van der Waals surface area contributed by atoms with E-state index in [4.69, 9.17) is 18.9 Å². The number of fused-ring (bicyclic) bond motifs is 6. The molecule has 6 aliphatic rings.